The summed E-state index contributed by atoms with van der Waals surface area (Å²) < 4.78 is 5.27. The molecule has 0 aliphatic heterocycles. The van der Waals surface area contributed by atoms with Gasteiger partial charge in [-0.05, 0) is 32.9 Å². The van der Waals surface area contributed by atoms with Crippen LogP contribution in [-0.4, -0.2) is 21.2 Å². The number of nitro benzene ring substituents is 1. The number of oxazole rings is 1. The number of nitrogens with zero attached hydrogens (tertiary/aromatic N) is 2. The smallest absolute Gasteiger partial charge is 0.295 e. The lowest BCUT2D eigenvalue weighted by Gasteiger charge is -2.21. The molecule has 0 radical (unpaired) electrons. The Hall–Kier alpha value is -2.70. The van der Waals surface area contributed by atoms with Gasteiger partial charge in [0.2, 0.25) is 0 Å². The maximum absolute atomic E-state index is 11.5. The van der Waals surface area contributed by atoms with E-state index in [9.17, 15) is 14.9 Å². The molecule has 0 aliphatic rings. The topological polar surface area (TPSA) is 98.3 Å². The van der Waals surface area contributed by atoms with Gasteiger partial charge in [0.05, 0.1) is 10.5 Å². The molecule has 0 amide bonds. The number of benzene rings is 1. The van der Waals surface area contributed by atoms with E-state index in [4.69, 9.17) is 4.42 Å². The molecule has 0 fully saturated rings. The largest absolute Gasteiger partial charge is 0.432 e. The second kappa shape index (κ2) is 5.35. The highest BCUT2D eigenvalue weighted by molar-refractivity contribution is 5.87. The molecule has 2 aromatic rings. The number of carbonyl (C=O) groups is 1. The van der Waals surface area contributed by atoms with Crippen molar-refractivity contribution in [3.63, 3.8) is 0 Å². The van der Waals surface area contributed by atoms with Gasteiger partial charge in [0.15, 0.2) is 5.78 Å². The molecule has 1 heterocycles. The fourth-order valence-electron chi connectivity index (χ4n) is 1.57. The maximum atomic E-state index is 11.5. The zero-order chi connectivity index (χ0) is 15.6. The Morgan fingerprint density at radius 1 is 1.33 bits per heavy atom. The van der Waals surface area contributed by atoms with Crippen molar-refractivity contribution in [1.82, 2.24) is 4.98 Å². The molecule has 1 aromatic heterocycles. The van der Waals surface area contributed by atoms with E-state index in [1.807, 2.05) is 0 Å². The predicted octanol–water partition coefficient (Wildman–Crippen LogP) is 3.03. The number of hydrogen-bond donors (Lipinski definition) is 1. The van der Waals surface area contributed by atoms with E-state index >= 15 is 0 Å². The minimum absolute atomic E-state index is 0.0123. The number of nitrogens with one attached hydrogen (secondary N) is 1. The van der Waals surface area contributed by atoms with Crippen LogP contribution in [0, 0.1) is 10.1 Å². The number of hydrogen-bond acceptors (Lipinski definition) is 6. The number of non-ortho nitro benzene ring substituents is 1. The van der Waals surface area contributed by atoms with Gasteiger partial charge in [-0.3, -0.25) is 14.9 Å². The zero-order valence-electron chi connectivity index (χ0n) is 11.9. The number of Topliss-reactive ketones (excluding diaryl/α,β-unsaturated/α-hetero) is 1. The van der Waals surface area contributed by atoms with Crippen molar-refractivity contribution < 1.29 is 14.1 Å². The fraction of sp³-hybridized carbons (Fsp3) is 0.286. The summed E-state index contributed by atoms with van der Waals surface area (Å²) in [6, 6.07) is 6.21. The van der Waals surface area contributed by atoms with Crippen LogP contribution in [0.5, 0.6) is 0 Å². The number of carbonyl (C=O) groups excluding carboxylic acids is 1. The number of nitro groups is 1. The molecule has 21 heavy (non-hydrogen) atoms. The second-order valence-electron chi connectivity index (χ2n) is 5.15. The molecule has 110 valence electrons. The van der Waals surface area contributed by atoms with Gasteiger partial charge < -0.3 is 9.73 Å². The van der Waals surface area contributed by atoms with Crippen molar-refractivity contribution >= 4 is 17.5 Å². The van der Waals surface area contributed by atoms with Crippen molar-refractivity contribution in [2.75, 3.05) is 5.32 Å². The SMILES string of the molecule is CC(=O)C(C)(C)Nc1nc(-c2ccc([N+](=O)[O-])cc2)co1. The minimum atomic E-state index is -0.780. The lowest BCUT2D eigenvalue weighted by Crippen LogP contribution is -2.38. The van der Waals surface area contributed by atoms with Crippen LogP contribution in [0.2, 0.25) is 0 Å². The first-order chi connectivity index (χ1) is 9.79. The first kappa shape index (κ1) is 14.7. The molecule has 0 atom stereocenters. The van der Waals surface area contributed by atoms with Crippen LogP contribution in [0.15, 0.2) is 34.9 Å². The summed E-state index contributed by atoms with van der Waals surface area (Å²) in [5.41, 5.74) is 0.459. The van der Waals surface area contributed by atoms with E-state index in [-0.39, 0.29) is 17.5 Å². The molecule has 0 spiro atoms. The summed E-state index contributed by atoms with van der Waals surface area (Å²) in [5.74, 6) is -0.0439. The van der Waals surface area contributed by atoms with Gasteiger partial charge in [-0.25, -0.2) is 0 Å². The normalized spacial score (nSPS) is 11.2. The van der Waals surface area contributed by atoms with Gasteiger partial charge in [-0.15, -0.1) is 0 Å². The summed E-state index contributed by atoms with van der Waals surface area (Å²) in [6.45, 7) is 4.93. The van der Waals surface area contributed by atoms with Gasteiger partial charge >= 0.3 is 0 Å². The van der Waals surface area contributed by atoms with Crippen LogP contribution in [0.1, 0.15) is 20.8 Å². The number of anilines is 1. The van der Waals surface area contributed by atoms with Crippen molar-refractivity contribution in [3.05, 3.63) is 40.6 Å². The molecule has 7 heteroatoms. The molecule has 0 bridgehead atoms. The fourth-order valence-corrected chi connectivity index (χ4v) is 1.57. The predicted molar refractivity (Wildman–Crippen MR) is 77.0 cm³/mol. The van der Waals surface area contributed by atoms with Gasteiger partial charge in [0.1, 0.15) is 12.0 Å². The summed E-state index contributed by atoms with van der Waals surface area (Å²) in [7, 11) is 0. The van der Waals surface area contributed by atoms with Crippen molar-refractivity contribution in [2.45, 2.75) is 26.3 Å². The summed E-state index contributed by atoms with van der Waals surface area (Å²) in [6.07, 6.45) is 1.43. The van der Waals surface area contributed by atoms with E-state index in [1.165, 1.54) is 25.3 Å². The molecule has 1 N–H and O–H groups in total. The molecule has 0 saturated heterocycles. The number of aromatic nitrogens is 1. The Labute approximate surface area is 121 Å². The highest BCUT2D eigenvalue weighted by Gasteiger charge is 2.25. The minimum Gasteiger partial charge on any atom is -0.432 e. The molecule has 0 saturated carbocycles. The van der Waals surface area contributed by atoms with Gasteiger partial charge in [0, 0.05) is 17.7 Å². The number of rotatable bonds is 5. The molecule has 2 rings (SSSR count). The van der Waals surface area contributed by atoms with Gasteiger partial charge in [-0.2, -0.15) is 4.98 Å². The first-order valence-electron chi connectivity index (χ1n) is 6.29. The van der Waals surface area contributed by atoms with Crippen LogP contribution in [0.3, 0.4) is 0 Å². The first-order valence-corrected chi connectivity index (χ1v) is 6.29. The molecule has 0 unspecified atom stereocenters. The Balaban J connectivity index is 2.20. The van der Waals surface area contributed by atoms with Crippen molar-refractivity contribution in [1.29, 1.82) is 0 Å². The molecule has 1 aromatic carbocycles. The van der Waals surface area contributed by atoms with Crippen LogP contribution in [0.25, 0.3) is 11.3 Å². The van der Waals surface area contributed by atoms with Crippen LogP contribution < -0.4 is 5.32 Å². The van der Waals surface area contributed by atoms with Crippen molar-refractivity contribution in [2.24, 2.45) is 0 Å². The average molecular weight is 289 g/mol. The number of ketones is 1. The maximum Gasteiger partial charge on any atom is 0.295 e. The molecular formula is C14H15N3O4. The lowest BCUT2D eigenvalue weighted by atomic mass is 10.0. The van der Waals surface area contributed by atoms with Crippen LogP contribution in [-0.2, 0) is 4.79 Å². The van der Waals surface area contributed by atoms with Gasteiger partial charge in [-0.1, -0.05) is 0 Å². The molecule has 7 nitrogen and oxygen atoms in total. The van der Waals surface area contributed by atoms with Crippen molar-refractivity contribution in [3.8, 4) is 11.3 Å². The molecule has 0 aliphatic carbocycles. The van der Waals surface area contributed by atoms with E-state index in [0.717, 1.165) is 0 Å². The Kier molecular flexibility index (Phi) is 3.75. The van der Waals surface area contributed by atoms with E-state index in [0.29, 0.717) is 11.3 Å². The van der Waals surface area contributed by atoms with Crippen LogP contribution in [0.4, 0.5) is 11.7 Å². The Bertz CT molecular complexity index is 674. The van der Waals surface area contributed by atoms with Gasteiger partial charge in [0.25, 0.3) is 11.7 Å². The second-order valence-corrected chi connectivity index (χ2v) is 5.15. The third-order valence-electron chi connectivity index (χ3n) is 3.18. The summed E-state index contributed by atoms with van der Waals surface area (Å²) in [4.78, 5) is 25.8. The third kappa shape index (κ3) is 3.25. The van der Waals surface area contributed by atoms with E-state index < -0.39 is 10.5 Å². The zero-order valence-corrected chi connectivity index (χ0v) is 11.9. The highest BCUT2D eigenvalue weighted by Crippen LogP contribution is 2.24. The third-order valence-corrected chi connectivity index (χ3v) is 3.18. The Morgan fingerprint density at radius 3 is 2.48 bits per heavy atom. The van der Waals surface area contributed by atoms with E-state index in [1.54, 1.807) is 26.0 Å². The summed E-state index contributed by atoms with van der Waals surface area (Å²) >= 11 is 0. The monoisotopic (exact) mass is 289 g/mol. The standard InChI is InChI=1S/C14H15N3O4/c1-9(18)14(2,3)16-13-15-12(8-21-13)10-4-6-11(7-5-10)17(19)20/h4-8H,1-3H3,(H,15,16). The average Bonchev–Trinajstić information content (AvgIpc) is 2.86. The summed E-state index contributed by atoms with van der Waals surface area (Å²) in [5, 5.41) is 13.5. The molecular weight excluding hydrogens is 274 g/mol. The Morgan fingerprint density at radius 2 is 1.95 bits per heavy atom. The quantitative estimate of drug-likeness (QED) is 0.671. The highest BCUT2D eigenvalue weighted by atomic mass is 16.6. The lowest BCUT2D eigenvalue weighted by molar-refractivity contribution is -0.384. The van der Waals surface area contributed by atoms with E-state index in [2.05, 4.69) is 10.3 Å². The van der Waals surface area contributed by atoms with Crippen LogP contribution >= 0.6 is 0 Å².